The molecule has 1 fully saturated rings. The first-order valence-electron chi connectivity index (χ1n) is 8.87. The van der Waals surface area contributed by atoms with Gasteiger partial charge in [0.25, 0.3) is 5.91 Å². The lowest BCUT2D eigenvalue weighted by Crippen LogP contribution is -2.30. The van der Waals surface area contributed by atoms with Gasteiger partial charge in [-0.05, 0) is 43.7 Å². The number of carboxylic acids is 1. The molecular formula is C21H19N3O3. The zero-order chi connectivity index (χ0) is 19.0. The van der Waals surface area contributed by atoms with Crippen LogP contribution in [-0.4, -0.2) is 44.9 Å². The second-order valence-corrected chi connectivity index (χ2v) is 6.89. The van der Waals surface area contributed by atoms with Crippen LogP contribution in [0.15, 0.2) is 48.8 Å². The van der Waals surface area contributed by atoms with Gasteiger partial charge in [0.1, 0.15) is 0 Å². The van der Waals surface area contributed by atoms with E-state index in [2.05, 4.69) is 4.98 Å². The Morgan fingerprint density at radius 2 is 2.07 bits per heavy atom. The van der Waals surface area contributed by atoms with Crippen molar-refractivity contribution >= 4 is 22.8 Å². The molecule has 1 amide bonds. The fourth-order valence-electron chi connectivity index (χ4n) is 3.50. The first kappa shape index (κ1) is 17.1. The molecule has 1 N–H and O–H groups in total. The molecule has 1 aliphatic heterocycles. The molecule has 0 spiro atoms. The van der Waals surface area contributed by atoms with Gasteiger partial charge in [0.05, 0.1) is 22.7 Å². The molecule has 2 aromatic heterocycles. The van der Waals surface area contributed by atoms with E-state index in [0.717, 1.165) is 22.0 Å². The van der Waals surface area contributed by atoms with Crippen LogP contribution in [0, 0.1) is 12.8 Å². The lowest BCUT2D eigenvalue weighted by molar-refractivity contribution is -0.141. The summed E-state index contributed by atoms with van der Waals surface area (Å²) in [5.74, 6) is -1.50. The van der Waals surface area contributed by atoms with Crippen LogP contribution in [0.25, 0.3) is 22.2 Å². The van der Waals surface area contributed by atoms with E-state index < -0.39 is 11.9 Å². The molecule has 6 nitrogen and oxygen atoms in total. The van der Waals surface area contributed by atoms with Crippen LogP contribution in [0.3, 0.4) is 0 Å². The lowest BCUT2D eigenvalue weighted by Gasteiger charge is -2.18. The number of carbonyl (C=O) groups is 2. The first-order chi connectivity index (χ1) is 13.0. The topological polar surface area (TPSA) is 83.4 Å². The number of aliphatic carboxylic acids is 1. The number of fused-ring (bicyclic) bond motifs is 1. The van der Waals surface area contributed by atoms with E-state index >= 15 is 0 Å². The Labute approximate surface area is 156 Å². The molecule has 27 heavy (non-hydrogen) atoms. The highest BCUT2D eigenvalue weighted by molar-refractivity contribution is 6.07. The van der Waals surface area contributed by atoms with Crippen molar-refractivity contribution in [2.75, 3.05) is 13.1 Å². The molecule has 1 aromatic carbocycles. The van der Waals surface area contributed by atoms with Gasteiger partial charge in [0, 0.05) is 36.4 Å². The lowest BCUT2D eigenvalue weighted by atomic mass is 10.0. The van der Waals surface area contributed by atoms with Crippen molar-refractivity contribution in [3.63, 3.8) is 0 Å². The number of aryl methyl sites for hydroxylation is 1. The predicted molar refractivity (Wildman–Crippen MR) is 101 cm³/mol. The summed E-state index contributed by atoms with van der Waals surface area (Å²) in [6.07, 6.45) is 3.89. The van der Waals surface area contributed by atoms with Crippen LogP contribution in [-0.2, 0) is 4.79 Å². The molecule has 136 valence electrons. The highest BCUT2D eigenvalue weighted by Gasteiger charge is 2.32. The summed E-state index contributed by atoms with van der Waals surface area (Å²) >= 11 is 0. The molecule has 6 heteroatoms. The number of benzene rings is 1. The number of pyridine rings is 2. The number of carbonyl (C=O) groups excluding carboxylic acids is 1. The fraction of sp³-hybridized carbons (Fsp3) is 0.238. The standard InChI is InChI=1S/C21H19N3O3/c1-13-4-5-18-16(9-13)17(10-19(23-18)14-3-2-7-22-11-14)20(25)24-8-6-15(12-24)21(26)27/h2-5,7,9-11,15H,6,8,12H2,1H3,(H,26,27). The van der Waals surface area contributed by atoms with Crippen molar-refractivity contribution in [1.29, 1.82) is 0 Å². The van der Waals surface area contributed by atoms with Gasteiger partial charge in [-0.3, -0.25) is 14.6 Å². The van der Waals surface area contributed by atoms with Crippen molar-refractivity contribution in [1.82, 2.24) is 14.9 Å². The average Bonchev–Trinajstić information content (AvgIpc) is 3.18. The van der Waals surface area contributed by atoms with Crippen molar-refractivity contribution in [3.8, 4) is 11.3 Å². The number of aromatic nitrogens is 2. The van der Waals surface area contributed by atoms with Crippen LogP contribution in [0.1, 0.15) is 22.3 Å². The summed E-state index contributed by atoms with van der Waals surface area (Å²) in [7, 11) is 0. The summed E-state index contributed by atoms with van der Waals surface area (Å²) in [5.41, 5.74) is 3.83. The van der Waals surface area contributed by atoms with Gasteiger partial charge in [-0.2, -0.15) is 0 Å². The molecule has 0 bridgehead atoms. The minimum atomic E-state index is -0.850. The third-order valence-electron chi connectivity index (χ3n) is 4.98. The molecule has 0 radical (unpaired) electrons. The van der Waals surface area contributed by atoms with Gasteiger partial charge in [-0.1, -0.05) is 11.6 Å². The Morgan fingerprint density at radius 3 is 2.78 bits per heavy atom. The molecule has 4 rings (SSSR count). The molecular weight excluding hydrogens is 342 g/mol. The predicted octanol–water partition coefficient (Wildman–Crippen LogP) is 3.15. The second kappa shape index (κ2) is 6.79. The van der Waals surface area contributed by atoms with Crippen LogP contribution in [0.4, 0.5) is 0 Å². The summed E-state index contributed by atoms with van der Waals surface area (Å²) in [6.45, 7) is 2.67. The SMILES string of the molecule is Cc1ccc2nc(-c3cccnc3)cc(C(=O)N3CCC(C(=O)O)C3)c2c1. The number of rotatable bonds is 3. The minimum absolute atomic E-state index is 0.151. The van der Waals surface area contributed by atoms with Crippen LogP contribution >= 0.6 is 0 Å². The van der Waals surface area contributed by atoms with Gasteiger partial charge in [-0.15, -0.1) is 0 Å². The fourth-order valence-corrected chi connectivity index (χ4v) is 3.50. The number of hydrogen-bond acceptors (Lipinski definition) is 4. The largest absolute Gasteiger partial charge is 0.481 e. The van der Waals surface area contributed by atoms with E-state index in [1.54, 1.807) is 23.4 Å². The molecule has 1 unspecified atom stereocenters. The molecule has 3 heterocycles. The van der Waals surface area contributed by atoms with Crippen LogP contribution in [0.5, 0.6) is 0 Å². The van der Waals surface area contributed by atoms with E-state index in [9.17, 15) is 14.7 Å². The van der Waals surface area contributed by atoms with Gasteiger partial charge < -0.3 is 10.0 Å². The maximum atomic E-state index is 13.2. The maximum absolute atomic E-state index is 13.2. The van der Waals surface area contributed by atoms with Crippen molar-refractivity contribution in [3.05, 3.63) is 59.9 Å². The summed E-state index contributed by atoms with van der Waals surface area (Å²) in [5, 5.41) is 10.0. The Hall–Kier alpha value is -3.28. The van der Waals surface area contributed by atoms with Crippen LogP contribution < -0.4 is 0 Å². The summed E-state index contributed by atoms with van der Waals surface area (Å²) < 4.78 is 0. The Kier molecular flexibility index (Phi) is 4.32. The van der Waals surface area contributed by atoms with Gasteiger partial charge in [0.15, 0.2) is 0 Å². The molecule has 1 atom stereocenters. The summed E-state index contributed by atoms with van der Waals surface area (Å²) in [4.78, 5) is 34.9. The van der Waals surface area contributed by atoms with Crippen molar-refractivity contribution in [2.24, 2.45) is 5.92 Å². The third-order valence-corrected chi connectivity index (χ3v) is 4.98. The molecule has 0 saturated carbocycles. The Balaban J connectivity index is 1.81. The molecule has 3 aromatic rings. The number of amides is 1. The number of carboxylic acid groups (broad SMARTS) is 1. The Morgan fingerprint density at radius 1 is 1.22 bits per heavy atom. The average molecular weight is 361 g/mol. The van der Waals surface area contributed by atoms with Gasteiger partial charge >= 0.3 is 5.97 Å². The number of nitrogens with zero attached hydrogens (tertiary/aromatic N) is 3. The Bertz CT molecular complexity index is 1030. The van der Waals surface area contributed by atoms with E-state index in [1.165, 1.54) is 0 Å². The first-order valence-corrected chi connectivity index (χ1v) is 8.87. The molecule has 0 aliphatic carbocycles. The monoisotopic (exact) mass is 361 g/mol. The highest BCUT2D eigenvalue weighted by Crippen LogP contribution is 2.28. The quantitative estimate of drug-likeness (QED) is 0.775. The zero-order valence-electron chi connectivity index (χ0n) is 14.9. The van der Waals surface area contributed by atoms with E-state index in [1.807, 2.05) is 37.3 Å². The molecule has 1 aliphatic rings. The zero-order valence-corrected chi connectivity index (χ0v) is 14.9. The normalized spacial score (nSPS) is 16.6. The van der Waals surface area contributed by atoms with E-state index in [0.29, 0.717) is 24.2 Å². The van der Waals surface area contributed by atoms with Crippen LogP contribution in [0.2, 0.25) is 0 Å². The van der Waals surface area contributed by atoms with E-state index in [-0.39, 0.29) is 12.5 Å². The van der Waals surface area contributed by atoms with Gasteiger partial charge in [-0.25, -0.2) is 4.98 Å². The smallest absolute Gasteiger partial charge is 0.308 e. The minimum Gasteiger partial charge on any atom is -0.481 e. The highest BCUT2D eigenvalue weighted by atomic mass is 16.4. The third kappa shape index (κ3) is 3.26. The van der Waals surface area contributed by atoms with Gasteiger partial charge in [0.2, 0.25) is 0 Å². The number of hydrogen-bond donors (Lipinski definition) is 1. The maximum Gasteiger partial charge on any atom is 0.308 e. The molecule has 1 saturated heterocycles. The van der Waals surface area contributed by atoms with Crippen molar-refractivity contribution in [2.45, 2.75) is 13.3 Å². The second-order valence-electron chi connectivity index (χ2n) is 6.89. The van der Waals surface area contributed by atoms with E-state index in [4.69, 9.17) is 4.98 Å². The summed E-state index contributed by atoms with van der Waals surface area (Å²) in [6, 6.07) is 11.3. The van der Waals surface area contributed by atoms with Crippen molar-refractivity contribution < 1.29 is 14.7 Å². The number of likely N-dealkylation sites (tertiary alicyclic amines) is 1.